The number of hydrogen-bond acceptors (Lipinski definition) is 11. The Balaban J connectivity index is 2.76. The highest BCUT2D eigenvalue weighted by atomic mass is 16.6. The van der Waals surface area contributed by atoms with E-state index in [9.17, 15) is 38.7 Å². The van der Waals surface area contributed by atoms with Crippen molar-refractivity contribution >= 4 is 41.5 Å². The Labute approximate surface area is 330 Å². The molecule has 0 heterocycles. The van der Waals surface area contributed by atoms with Gasteiger partial charge in [0, 0.05) is 33.2 Å². The van der Waals surface area contributed by atoms with E-state index in [0.29, 0.717) is 25.8 Å². The van der Waals surface area contributed by atoms with Gasteiger partial charge in [0.1, 0.15) is 18.8 Å². The molecule has 0 aliphatic heterocycles. The quantitative estimate of drug-likeness (QED) is 0.0378. The molecule has 0 aliphatic carbocycles. The van der Waals surface area contributed by atoms with Gasteiger partial charge in [-0.15, -0.1) is 6.58 Å². The molecule has 0 aromatic heterocycles. The van der Waals surface area contributed by atoms with Crippen LogP contribution in [0.15, 0.2) is 55.6 Å². The van der Waals surface area contributed by atoms with Gasteiger partial charge in [0.2, 0.25) is 17.7 Å². The van der Waals surface area contributed by atoms with Crippen molar-refractivity contribution in [2.45, 2.75) is 129 Å². The van der Waals surface area contributed by atoms with Crippen molar-refractivity contribution in [3.8, 4) is 0 Å². The van der Waals surface area contributed by atoms with E-state index in [1.54, 1.807) is 27.7 Å². The van der Waals surface area contributed by atoms with Crippen LogP contribution in [0, 0.1) is 11.8 Å². The Morgan fingerprint density at radius 2 is 1.36 bits per heavy atom. The van der Waals surface area contributed by atoms with Crippen LogP contribution in [-0.2, 0) is 54.2 Å². The molecule has 5 N–H and O–H groups in total. The predicted molar refractivity (Wildman–Crippen MR) is 209 cm³/mol. The van der Waals surface area contributed by atoms with Crippen LogP contribution in [0.3, 0.4) is 0 Å². The van der Waals surface area contributed by atoms with E-state index in [4.69, 9.17) is 14.2 Å². The van der Waals surface area contributed by atoms with Crippen molar-refractivity contribution in [2.75, 3.05) is 13.2 Å². The maximum Gasteiger partial charge on any atom is 0.332 e. The number of aliphatic hydroxyl groups is 1. The van der Waals surface area contributed by atoms with Gasteiger partial charge in [-0.25, -0.2) is 14.4 Å². The number of rotatable bonds is 27. The van der Waals surface area contributed by atoms with E-state index in [1.807, 2.05) is 30.3 Å². The predicted octanol–water partition coefficient (Wildman–Crippen LogP) is 2.98. The molecule has 15 heteroatoms. The molecule has 4 amide bonds. The van der Waals surface area contributed by atoms with Gasteiger partial charge in [0.25, 0.3) is 5.91 Å². The number of esters is 3. The Morgan fingerprint density at radius 3 is 1.93 bits per heavy atom. The monoisotopic (exact) mass is 786 g/mol. The molecule has 0 saturated heterocycles. The molecule has 312 valence electrons. The van der Waals surface area contributed by atoms with E-state index in [-0.39, 0.29) is 25.9 Å². The van der Waals surface area contributed by atoms with Gasteiger partial charge < -0.3 is 40.6 Å². The maximum atomic E-state index is 13.2. The third kappa shape index (κ3) is 19.0. The van der Waals surface area contributed by atoms with E-state index in [0.717, 1.165) is 18.4 Å². The summed E-state index contributed by atoms with van der Waals surface area (Å²) in [5.41, 5.74) is 0.794. The first kappa shape index (κ1) is 49.0. The molecule has 1 rings (SSSR count). The van der Waals surface area contributed by atoms with Crippen molar-refractivity contribution < 1.29 is 52.9 Å². The van der Waals surface area contributed by atoms with Crippen LogP contribution in [0.25, 0.3) is 0 Å². The van der Waals surface area contributed by atoms with Gasteiger partial charge in [-0.3, -0.25) is 19.2 Å². The standard InChI is InChI=1S/C41H62N4O11/c1-9-19-31(43-28(7)46)39(51)55-32(25-30-20-15-14-16-21-30)38(50)42-23-18-13-11-12-17-22-33(48)45-35(40(52)54-24-10-2)37(27(5)6)56-41(53)34(44-29(8)47)36(49)26(3)4/h9-10,14-16,20-21,26-27,31-32,34-37,49H,1-2,11-13,17-19,22-25H2,3-8H3,(H,42,50)(H,43,46)(H,44,47)(H,45,48)/t31-,32+,34-,35-,36+,37+/m0/s1. The molecule has 0 unspecified atom stereocenters. The average Bonchev–Trinajstić information content (AvgIpc) is 3.14. The topological polar surface area (TPSA) is 216 Å². The highest BCUT2D eigenvalue weighted by molar-refractivity contribution is 5.88. The molecular formula is C41H62N4O11. The third-order valence-corrected chi connectivity index (χ3v) is 8.55. The number of benzene rings is 1. The largest absolute Gasteiger partial charge is 0.460 e. The first-order valence-corrected chi connectivity index (χ1v) is 19.1. The Kier molecular flexibility index (Phi) is 23.3. The van der Waals surface area contributed by atoms with Gasteiger partial charge in [-0.05, 0) is 36.7 Å². The SMILES string of the molecule is C=CCOC(=O)[C@@H](NC(=O)CCCCCCCNC(=O)[C@@H](Cc1ccccc1)OC(=O)[C@H](CC=C)NC(C)=O)[C@H](OC(=O)[C@@H](NC(C)=O)[C@H](O)C(C)C)C(C)C. The number of aliphatic hydroxyl groups excluding tert-OH is 1. The fraction of sp³-hybridized carbons (Fsp3) is 0.585. The molecule has 15 nitrogen and oxygen atoms in total. The van der Waals surface area contributed by atoms with Crippen molar-refractivity contribution in [3.05, 3.63) is 61.2 Å². The molecule has 1 aromatic rings. The fourth-order valence-corrected chi connectivity index (χ4v) is 5.57. The highest BCUT2D eigenvalue weighted by Crippen LogP contribution is 2.18. The smallest absolute Gasteiger partial charge is 0.332 e. The number of ether oxygens (including phenoxy) is 3. The normalized spacial score (nSPS) is 14.2. The summed E-state index contributed by atoms with van der Waals surface area (Å²) >= 11 is 0. The summed E-state index contributed by atoms with van der Waals surface area (Å²) in [5, 5.41) is 21.0. The number of amides is 4. The first-order chi connectivity index (χ1) is 26.5. The molecule has 6 atom stereocenters. The lowest BCUT2D eigenvalue weighted by molar-refractivity contribution is -0.167. The summed E-state index contributed by atoms with van der Waals surface area (Å²) in [6, 6.07) is 5.38. The summed E-state index contributed by atoms with van der Waals surface area (Å²) < 4.78 is 16.5. The molecule has 0 saturated carbocycles. The van der Waals surface area contributed by atoms with Gasteiger partial charge in [-0.1, -0.05) is 96.0 Å². The van der Waals surface area contributed by atoms with Crippen LogP contribution in [0.5, 0.6) is 0 Å². The average molecular weight is 787 g/mol. The minimum Gasteiger partial charge on any atom is -0.460 e. The van der Waals surface area contributed by atoms with Gasteiger partial charge >= 0.3 is 17.9 Å². The van der Waals surface area contributed by atoms with Crippen LogP contribution in [-0.4, -0.2) is 96.2 Å². The molecular weight excluding hydrogens is 724 g/mol. The van der Waals surface area contributed by atoms with Crippen molar-refractivity contribution in [3.63, 3.8) is 0 Å². The van der Waals surface area contributed by atoms with Gasteiger partial charge in [0.15, 0.2) is 18.2 Å². The van der Waals surface area contributed by atoms with Gasteiger partial charge in [0.05, 0.1) is 6.10 Å². The van der Waals surface area contributed by atoms with Crippen LogP contribution >= 0.6 is 0 Å². The van der Waals surface area contributed by atoms with E-state index in [2.05, 4.69) is 34.4 Å². The highest BCUT2D eigenvalue weighted by Gasteiger charge is 2.40. The van der Waals surface area contributed by atoms with Crippen LogP contribution < -0.4 is 21.3 Å². The zero-order chi connectivity index (χ0) is 42.2. The van der Waals surface area contributed by atoms with Crippen molar-refractivity contribution in [1.29, 1.82) is 0 Å². The lowest BCUT2D eigenvalue weighted by Crippen LogP contribution is -2.56. The lowest BCUT2D eigenvalue weighted by Gasteiger charge is -2.32. The van der Waals surface area contributed by atoms with Crippen LogP contribution in [0.1, 0.15) is 92.1 Å². The second-order valence-corrected chi connectivity index (χ2v) is 14.2. The Morgan fingerprint density at radius 1 is 0.732 bits per heavy atom. The second-order valence-electron chi connectivity index (χ2n) is 14.2. The third-order valence-electron chi connectivity index (χ3n) is 8.55. The number of nitrogens with one attached hydrogen (secondary N) is 4. The first-order valence-electron chi connectivity index (χ1n) is 19.1. The van der Waals surface area contributed by atoms with E-state index >= 15 is 0 Å². The number of hydrogen-bond donors (Lipinski definition) is 5. The summed E-state index contributed by atoms with van der Waals surface area (Å²) in [5.74, 6) is -5.32. The molecule has 0 spiro atoms. The van der Waals surface area contributed by atoms with Crippen LogP contribution in [0.4, 0.5) is 0 Å². The molecule has 0 aliphatic rings. The lowest BCUT2D eigenvalue weighted by atomic mass is 9.97. The Hall–Kier alpha value is -5.05. The summed E-state index contributed by atoms with van der Waals surface area (Å²) in [7, 11) is 0. The number of carbonyl (C=O) groups excluding carboxylic acids is 7. The summed E-state index contributed by atoms with van der Waals surface area (Å²) in [4.78, 5) is 88.8. The molecule has 0 fully saturated rings. The van der Waals surface area contributed by atoms with Crippen molar-refractivity contribution in [1.82, 2.24) is 21.3 Å². The number of unbranched alkanes of at least 4 members (excludes halogenated alkanes) is 4. The second kappa shape index (κ2) is 26.7. The van der Waals surface area contributed by atoms with Gasteiger partial charge in [-0.2, -0.15) is 0 Å². The fourth-order valence-electron chi connectivity index (χ4n) is 5.57. The van der Waals surface area contributed by atoms with Crippen molar-refractivity contribution in [2.24, 2.45) is 11.8 Å². The maximum absolute atomic E-state index is 13.2. The van der Waals surface area contributed by atoms with Crippen LogP contribution in [0.2, 0.25) is 0 Å². The molecule has 0 bridgehead atoms. The minimum atomic E-state index is -1.40. The number of carbonyl (C=O) groups is 7. The summed E-state index contributed by atoms with van der Waals surface area (Å²) in [6.45, 7) is 16.5. The minimum absolute atomic E-state index is 0.0686. The molecule has 56 heavy (non-hydrogen) atoms. The Bertz CT molecular complexity index is 1450. The zero-order valence-electron chi connectivity index (χ0n) is 33.7. The van der Waals surface area contributed by atoms with E-state index < -0.39 is 89.8 Å². The molecule has 0 radical (unpaired) electrons. The zero-order valence-corrected chi connectivity index (χ0v) is 33.7. The molecule has 1 aromatic carbocycles. The van der Waals surface area contributed by atoms with E-state index in [1.165, 1.54) is 26.0 Å². The summed E-state index contributed by atoms with van der Waals surface area (Å²) in [6.07, 6.45) is 2.88.